The standard InChI is InChI=1S/C10H19N2O2/c1-10(2,3)7-12-9(13)8-6-11-4-5-14-8/h8H,4-7H2,1-3H3,(H,12,13). The molecule has 1 atom stereocenters. The molecule has 1 aliphatic rings. The molecule has 1 N–H and O–H groups in total. The van der Waals surface area contributed by atoms with Crippen molar-refractivity contribution in [2.24, 2.45) is 5.41 Å². The van der Waals surface area contributed by atoms with Crippen LogP contribution in [0.15, 0.2) is 0 Å². The third-order valence-corrected chi connectivity index (χ3v) is 1.95. The second-order valence-corrected chi connectivity index (χ2v) is 4.77. The van der Waals surface area contributed by atoms with E-state index in [0.29, 0.717) is 26.2 Å². The number of hydrogen-bond acceptors (Lipinski definition) is 2. The molecule has 4 heteroatoms. The molecule has 81 valence electrons. The third-order valence-electron chi connectivity index (χ3n) is 1.95. The minimum atomic E-state index is -0.369. The van der Waals surface area contributed by atoms with Gasteiger partial charge in [-0.2, -0.15) is 0 Å². The lowest BCUT2D eigenvalue weighted by Gasteiger charge is -2.24. The molecule has 0 saturated carbocycles. The highest BCUT2D eigenvalue weighted by molar-refractivity contribution is 5.81. The zero-order valence-electron chi connectivity index (χ0n) is 9.17. The number of carbonyl (C=O) groups is 1. The van der Waals surface area contributed by atoms with Crippen LogP contribution >= 0.6 is 0 Å². The maximum absolute atomic E-state index is 11.5. The first-order valence-electron chi connectivity index (χ1n) is 5.01. The van der Waals surface area contributed by atoms with E-state index < -0.39 is 0 Å². The fourth-order valence-corrected chi connectivity index (χ4v) is 1.15. The Balaban J connectivity index is 2.27. The minimum absolute atomic E-state index is 0.0385. The van der Waals surface area contributed by atoms with Crippen LogP contribution < -0.4 is 10.6 Å². The van der Waals surface area contributed by atoms with Crippen molar-refractivity contribution in [3.63, 3.8) is 0 Å². The molecular weight excluding hydrogens is 180 g/mol. The highest BCUT2D eigenvalue weighted by Crippen LogP contribution is 2.10. The number of nitrogens with one attached hydrogen (secondary N) is 1. The van der Waals surface area contributed by atoms with E-state index in [-0.39, 0.29) is 17.4 Å². The lowest BCUT2D eigenvalue weighted by atomic mass is 9.97. The monoisotopic (exact) mass is 199 g/mol. The van der Waals surface area contributed by atoms with E-state index in [9.17, 15) is 4.79 Å². The first-order valence-corrected chi connectivity index (χ1v) is 5.01. The van der Waals surface area contributed by atoms with Crippen molar-refractivity contribution in [3.8, 4) is 0 Å². The van der Waals surface area contributed by atoms with Gasteiger partial charge in [-0.15, -0.1) is 0 Å². The molecule has 1 fully saturated rings. The Hall–Kier alpha value is -0.610. The van der Waals surface area contributed by atoms with E-state index in [4.69, 9.17) is 4.74 Å². The quantitative estimate of drug-likeness (QED) is 0.688. The summed E-state index contributed by atoms with van der Waals surface area (Å²) in [5, 5.41) is 7.01. The van der Waals surface area contributed by atoms with Crippen LogP contribution in [0.3, 0.4) is 0 Å². The van der Waals surface area contributed by atoms with E-state index >= 15 is 0 Å². The maximum atomic E-state index is 11.5. The Kier molecular flexibility index (Phi) is 3.89. The molecule has 0 aliphatic carbocycles. The van der Waals surface area contributed by atoms with Crippen molar-refractivity contribution in [1.82, 2.24) is 10.6 Å². The second kappa shape index (κ2) is 4.75. The van der Waals surface area contributed by atoms with Gasteiger partial charge in [-0.25, -0.2) is 5.32 Å². The van der Waals surface area contributed by atoms with Crippen LogP contribution in [0.2, 0.25) is 0 Å². The van der Waals surface area contributed by atoms with Crippen LogP contribution in [0.4, 0.5) is 0 Å². The largest absolute Gasteiger partial charge is 0.366 e. The van der Waals surface area contributed by atoms with Crippen molar-refractivity contribution >= 4 is 5.91 Å². The zero-order chi connectivity index (χ0) is 10.6. The number of rotatable bonds is 2. The van der Waals surface area contributed by atoms with E-state index in [1.165, 1.54) is 0 Å². The summed E-state index contributed by atoms with van der Waals surface area (Å²) in [5.74, 6) is -0.0385. The van der Waals surface area contributed by atoms with Crippen LogP contribution in [0, 0.1) is 5.41 Å². The van der Waals surface area contributed by atoms with E-state index in [1.807, 2.05) is 0 Å². The summed E-state index contributed by atoms with van der Waals surface area (Å²) in [6, 6.07) is 0. The molecular formula is C10H19N2O2. The van der Waals surface area contributed by atoms with E-state index in [0.717, 1.165) is 0 Å². The molecule has 1 saturated heterocycles. The molecule has 4 nitrogen and oxygen atoms in total. The lowest BCUT2D eigenvalue weighted by Crippen LogP contribution is -2.47. The van der Waals surface area contributed by atoms with Gasteiger partial charge in [0.2, 0.25) is 0 Å². The fourth-order valence-electron chi connectivity index (χ4n) is 1.15. The van der Waals surface area contributed by atoms with Crippen molar-refractivity contribution in [2.45, 2.75) is 26.9 Å². The smallest absolute Gasteiger partial charge is 0.250 e. The molecule has 1 aliphatic heterocycles. The Labute approximate surface area is 85.4 Å². The fraction of sp³-hybridized carbons (Fsp3) is 0.900. The molecule has 0 bridgehead atoms. The molecule has 1 rings (SSSR count). The molecule has 1 radical (unpaired) electrons. The average molecular weight is 199 g/mol. The summed E-state index contributed by atoms with van der Waals surface area (Å²) in [4.78, 5) is 11.5. The predicted molar refractivity (Wildman–Crippen MR) is 54.1 cm³/mol. The van der Waals surface area contributed by atoms with Crippen molar-refractivity contribution < 1.29 is 9.53 Å². The Morgan fingerprint density at radius 2 is 2.29 bits per heavy atom. The van der Waals surface area contributed by atoms with Gasteiger partial charge in [-0.3, -0.25) is 4.79 Å². The van der Waals surface area contributed by atoms with Gasteiger partial charge in [-0.1, -0.05) is 20.8 Å². The van der Waals surface area contributed by atoms with Gasteiger partial charge in [0, 0.05) is 19.6 Å². The van der Waals surface area contributed by atoms with Gasteiger partial charge < -0.3 is 10.1 Å². The summed E-state index contributed by atoms with van der Waals surface area (Å²) in [6.07, 6.45) is -0.369. The van der Waals surface area contributed by atoms with Gasteiger partial charge in [0.15, 0.2) is 0 Å². The predicted octanol–water partition coefficient (Wildman–Crippen LogP) is 0.152. The first kappa shape index (κ1) is 11.5. The number of nitrogens with zero attached hydrogens (tertiary/aromatic N) is 1. The summed E-state index contributed by atoms with van der Waals surface area (Å²) in [6.45, 7) is 8.69. The Morgan fingerprint density at radius 3 is 2.79 bits per heavy atom. The van der Waals surface area contributed by atoms with Gasteiger partial charge in [0.25, 0.3) is 5.91 Å². The summed E-state index contributed by atoms with van der Waals surface area (Å²) < 4.78 is 5.30. The molecule has 1 unspecified atom stereocenters. The van der Waals surface area contributed by atoms with E-state index in [2.05, 4.69) is 31.4 Å². The Bertz CT molecular complexity index is 193. The molecule has 0 aromatic carbocycles. The molecule has 0 aromatic rings. The van der Waals surface area contributed by atoms with Crippen molar-refractivity contribution in [3.05, 3.63) is 0 Å². The van der Waals surface area contributed by atoms with Gasteiger partial charge in [-0.05, 0) is 5.41 Å². The van der Waals surface area contributed by atoms with Crippen molar-refractivity contribution in [2.75, 3.05) is 26.2 Å². The third kappa shape index (κ3) is 4.07. The highest BCUT2D eigenvalue weighted by atomic mass is 16.5. The van der Waals surface area contributed by atoms with Gasteiger partial charge >= 0.3 is 0 Å². The van der Waals surface area contributed by atoms with Gasteiger partial charge in [0.05, 0.1) is 6.61 Å². The van der Waals surface area contributed by atoms with Crippen LogP contribution in [0.25, 0.3) is 0 Å². The molecule has 1 amide bonds. The summed E-state index contributed by atoms with van der Waals surface area (Å²) >= 11 is 0. The lowest BCUT2D eigenvalue weighted by molar-refractivity contribution is -0.134. The number of morpholine rings is 1. The normalized spacial score (nSPS) is 23.2. The first-order chi connectivity index (χ1) is 6.49. The number of amides is 1. The van der Waals surface area contributed by atoms with Crippen LogP contribution in [-0.2, 0) is 9.53 Å². The van der Waals surface area contributed by atoms with Gasteiger partial charge in [0.1, 0.15) is 6.10 Å². The highest BCUT2D eigenvalue weighted by Gasteiger charge is 2.23. The molecule has 14 heavy (non-hydrogen) atoms. The minimum Gasteiger partial charge on any atom is -0.366 e. The zero-order valence-corrected chi connectivity index (χ0v) is 9.17. The van der Waals surface area contributed by atoms with Crippen molar-refractivity contribution in [1.29, 1.82) is 0 Å². The maximum Gasteiger partial charge on any atom is 0.250 e. The summed E-state index contributed by atoms with van der Waals surface area (Å²) in [5.41, 5.74) is 0.113. The van der Waals surface area contributed by atoms with Crippen LogP contribution in [0.1, 0.15) is 20.8 Å². The Morgan fingerprint density at radius 1 is 1.57 bits per heavy atom. The second-order valence-electron chi connectivity index (χ2n) is 4.77. The van der Waals surface area contributed by atoms with E-state index in [1.54, 1.807) is 0 Å². The number of ether oxygens (including phenoxy) is 1. The molecule has 0 spiro atoms. The molecule has 1 heterocycles. The van der Waals surface area contributed by atoms with Crippen LogP contribution in [-0.4, -0.2) is 38.3 Å². The summed E-state index contributed by atoms with van der Waals surface area (Å²) in [7, 11) is 0. The van der Waals surface area contributed by atoms with Crippen LogP contribution in [0.5, 0.6) is 0 Å². The number of carbonyl (C=O) groups excluding carboxylic acids is 1. The molecule has 0 aromatic heterocycles. The SMILES string of the molecule is CC(C)(C)CNC(=O)C1C[N]CCO1. The topological polar surface area (TPSA) is 52.4 Å². The number of hydrogen-bond donors (Lipinski definition) is 1. The average Bonchev–Trinajstić information content (AvgIpc) is 2.14.